The molecule has 1 atom stereocenters. The minimum Gasteiger partial charge on any atom is -0.363 e. The van der Waals surface area contributed by atoms with Crippen molar-refractivity contribution in [3.05, 3.63) is 54.0 Å². The normalized spacial score (nSPS) is 12.2. The highest BCUT2D eigenvalue weighted by Crippen LogP contribution is 2.22. The first-order valence-corrected chi connectivity index (χ1v) is 7.29. The summed E-state index contributed by atoms with van der Waals surface area (Å²) in [5, 5.41) is 3.19. The van der Waals surface area contributed by atoms with Crippen molar-refractivity contribution in [3.8, 4) is 0 Å². The van der Waals surface area contributed by atoms with E-state index in [9.17, 15) is 4.39 Å². The van der Waals surface area contributed by atoms with E-state index in [1.807, 2.05) is 18.7 Å². The van der Waals surface area contributed by atoms with Crippen molar-refractivity contribution in [2.45, 2.75) is 24.8 Å². The van der Waals surface area contributed by atoms with Crippen LogP contribution >= 0.6 is 11.8 Å². The predicted octanol–water partition coefficient (Wildman–Crippen LogP) is 4.51. The highest BCUT2D eigenvalue weighted by molar-refractivity contribution is 7.99. The minimum absolute atomic E-state index is 0.0926. The monoisotopic (exact) mass is 276 g/mol. The molecule has 0 spiro atoms. The molecule has 1 unspecified atom stereocenters. The number of benzene rings is 1. The maximum absolute atomic E-state index is 13.0. The Morgan fingerprint density at radius 1 is 1.21 bits per heavy atom. The number of halogens is 1. The summed E-state index contributed by atoms with van der Waals surface area (Å²) in [6, 6.07) is 13.3. The molecule has 19 heavy (non-hydrogen) atoms. The molecule has 0 saturated carbocycles. The van der Waals surface area contributed by atoms with Crippen LogP contribution in [0.25, 0.3) is 0 Å². The zero-order valence-electron chi connectivity index (χ0n) is 11.1. The molecule has 1 aromatic heterocycles. The van der Waals surface area contributed by atoms with Crippen LogP contribution in [0.2, 0.25) is 0 Å². The molecule has 0 radical (unpaired) electrons. The molecule has 1 heterocycles. The summed E-state index contributed by atoms with van der Waals surface area (Å²) in [6.07, 6.45) is 0. The molecule has 2 aromatic rings. The lowest BCUT2D eigenvalue weighted by Gasteiger charge is -2.15. The van der Waals surface area contributed by atoms with Gasteiger partial charge in [0.05, 0.1) is 0 Å². The van der Waals surface area contributed by atoms with Gasteiger partial charge in [0.25, 0.3) is 0 Å². The molecule has 0 aliphatic carbocycles. The van der Waals surface area contributed by atoms with Gasteiger partial charge in [-0.25, -0.2) is 4.98 Å². The van der Waals surface area contributed by atoms with E-state index in [1.165, 1.54) is 11.0 Å². The zero-order chi connectivity index (χ0) is 13.7. The second kappa shape index (κ2) is 6.57. The van der Waals surface area contributed by atoms with Gasteiger partial charge in [0.15, 0.2) is 0 Å². The molecule has 2 rings (SSSR count). The van der Waals surface area contributed by atoms with Gasteiger partial charge in [0, 0.05) is 10.9 Å². The third kappa shape index (κ3) is 3.96. The van der Waals surface area contributed by atoms with E-state index in [-0.39, 0.29) is 6.04 Å². The summed E-state index contributed by atoms with van der Waals surface area (Å²) in [5.41, 5.74) is 1.16. The zero-order valence-corrected chi connectivity index (χ0v) is 11.9. The minimum atomic E-state index is -0.466. The first-order valence-electron chi connectivity index (χ1n) is 6.31. The first-order chi connectivity index (χ1) is 9.19. The van der Waals surface area contributed by atoms with Gasteiger partial charge < -0.3 is 5.32 Å². The molecule has 0 aliphatic rings. The Bertz CT molecular complexity index is 528. The summed E-state index contributed by atoms with van der Waals surface area (Å²) in [6.45, 7) is 4.17. The fourth-order valence-electron chi connectivity index (χ4n) is 1.81. The quantitative estimate of drug-likeness (QED) is 0.642. The Morgan fingerprint density at radius 2 is 1.95 bits per heavy atom. The van der Waals surface area contributed by atoms with Gasteiger partial charge in [0.2, 0.25) is 5.95 Å². The maximum Gasteiger partial charge on any atom is 0.214 e. The number of hydrogen-bond donors (Lipinski definition) is 1. The second-order valence-corrected chi connectivity index (χ2v) is 5.55. The van der Waals surface area contributed by atoms with Crippen LogP contribution in [0.1, 0.15) is 25.5 Å². The number of hydrogen-bond acceptors (Lipinski definition) is 3. The van der Waals surface area contributed by atoms with E-state index in [1.54, 1.807) is 12.1 Å². The van der Waals surface area contributed by atoms with E-state index in [4.69, 9.17) is 0 Å². The van der Waals surface area contributed by atoms with Gasteiger partial charge in [-0.3, -0.25) is 0 Å². The Kier molecular flexibility index (Phi) is 4.80. The van der Waals surface area contributed by atoms with Crippen LogP contribution in [0, 0.1) is 5.95 Å². The topological polar surface area (TPSA) is 24.9 Å². The smallest absolute Gasteiger partial charge is 0.214 e. The van der Waals surface area contributed by atoms with E-state index < -0.39 is 5.95 Å². The number of rotatable bonds is 5. The molecule has 4 heteroatoms. The number of nitrogens with zero attached hydrogens (tertiary/aromatic N) is 1. The van der Waals surface area contributed by atoms with Crippen LogP contribution in [-0.4, -0.2) is 10.7 Å². The lowest BCUT2D eigenvalue weighted by atomic mass is 10.1. The van der Waals surface area contributed by atoms with Crippen LogP contribution < -0.4 is 5.32 Å². The van der Waals surface area contributed by atoms with E-state index in [0.717, 1.165) is 11.3 Å². The summed E-state index contributed by atoms with van der Waals surface area (Å²) in [7, 11) is 0. The predicted molar refractivity (Wildman–Crippen MR) is 79.1 cm³/mol. The van der Waals surface area contributed by atoms with Crippen molar-refractivity contribution >= 4 is 17.6 Å². The fourth-order valence-corrected chi connectivity index (χ4v) is 2.48. The highest BCUT2D eigenvalue weighted by Gasteiger charge is 2.06. The standard InChI is InChI=1S/C15H17FN2S/c1-3-19-13-9-7-12(8-10-13)11(2)17-15-6-4-5-14(16)18-15/h4-11H,3H2,1-2H3,(H,17,18). The van der Waals surface area contributed by atoms with Gasteiger partial charge in [-0.05, 0) is 42.5 Å². The molecule has 0 saturated heterocycles. The van der Waals surface area contributed by atoms with Crippen LogP contribution in [0.15, 0.2) is 47.4 Å². The lowest BCUT2D eigenvalue weighted by molar-refractivity contribution is 0.584. The average molecular weight is 276 g/mol. The molecule has 1 aromatic carbocycles. The summed E-state index contributed by atoms with van der Waals surface area (Å²) in [4.78, 5) is 5.07. The molecule has 2 nitrogen and oxygen atoms in total. The second-order valence-electron chi connectivity index (χ2n) is 4.21. The van der Waals surface area contributed by atoms with Gasteiger partial charge in [-0.15, -0.1) is 11.8 Å². The van der Waals surface area contributed by atoms with Crippen molar-refractivity contribution < 1.29 is 4.39 Å². The molecule has 0 aliphatic heterocycles. The first kappa shape index (κ1) is 13.9. The van der Waals surface area contributed by atoms with Crippen LogP contribution in [0.4, 0.5) is 10.2 Å². The van der Waals surface area contributed by atoms with Crippen molar-refractivity contribution in [1.82, 2.24) is 4.98 Å². The number of anilines is 1. The van der Waals surface area contributed by atoms with E-state index >= 15 is 0 Å². The van der Waals surface area contributed by atoms with E-state index in [2.05, 4.69) is 41.5 Å². The lowest BCUT2D eigenvalue weighted by Crippen LogP contribution is -2.08. The van der Waals surface area contributed by atoms with Crippen molar-refractivity contribution in [2.24, 2.45) is 0 Å². The van der Waals surface area contributed by atoms with Gasteiger partial charge in [-0.2, -0.15) is 4.39 Å². The Labute approximate surface area is 117 Å². The molecule has 100 valence electrons. The number of pyridine rings is 1. The Hall–Kier alpha value is -1.55. The highest BCUT2D eigenvalue weighted by atomic mass is 32.2. The van der Waals surface area contributed by atoms with Gasteiger partial charge >= 0.3 is 0 Å². The summed E-state index contributed by atoms with van der Waals surface area (Å²) >= 11 is 1.82. The molecular weight excluding hydrogens is 259 g/mol. The average Bonchev–Trinajstić information content (AvgIpc) is 2.40. The summed E-state index contributed by atoms with van der Waals surface area (Å²) in [5.74, 6) is 1.16. The molecular formula is C15H17FN2S. The number of aromatic nitrogens is 1. The van der Waals surface area contributed by atoms with Crippen molar-refractivity contribution in [2.75, 3.05) is 11.1 Å². The third-order valence-corrected chi connectivity index (χ3v) is 3.66. The maximum atomic E-state index is 13.0. The van der Waals surface area contributed by atoms with Gasteiger partial charge in [-0.1, -0.05) is 25.1 Å². The Morgan fingerprint density at radius 3 is 2.58 bits per heavy atom. The molecule has 0 fully saturated rings. The van der Waals surface area contributed by atoms with Crippen molar-refractivity contribution in [1.29, 1.82) is 0 Å². The van der Waals surface area contributed by atoms with Crippen LogP contribution in [0.3, 0.4) is 0 Å². The molecule has 0 amide bonds. The van der Waals surface area contributed by atoms with Crippen molar-refractivity contribution in [3.63, 3.8) is 0 Å². The summed E-state index contributed by atoms with van der Waals surface area (Å²) < 4.78 is 13.0. The third-order valence-electron chi connectivity index (χ3n) is 2.77. The Balaban J connectivity index is 2.05. The van der Waals surface area contributed by atoms with Crippen LogP contribution in [0.5, 0.6) is 0 Å². The number of nitrogens with one attached hydrogen (secondary N) is 1. The largest absolute Gasteiger partial charge is 0.363 e. The fraction of sp³-hybridized carbons (Fsp3) is 0.267. The SMILES string of the molecule is CCSc1ccc(C(C)Nc2cccc(F)n2)cc1. The van der Waals surface area contributed by atoms with Crippen LogP contribution in [-0.2, 0) is 0 Å². The molecule has 0 bridgehead atoms. The number of thioether (sulfide) groups is 1. The molecule has 1 N–H and O–H groups in total. The van der Waals surface area contributed by atoms with E-state index in [0.29, 0.717) is 5.82 Å². The van der Waals surface area contributed by atoms with Gasteiger partial charge in [0.1, 0.15) is 5.82 Å².